The molecule has 6 heteroatoms. The Morgan fingerprint density at radius 3 is 3.00 bits per heavy atom. The van der Waals surface area contributed by atoms with Gasteiger partial charge in [-0.3, -0.25) is 9.59 Å². The summed E-state index contributed by atoms with van der Waals surface area (Å²) in [5.74, 6) is 4.81. The van der Waals surface area contributed by atoms with Crippen LogP contribution in [0.5, 0.6) is 0 Å². The van der Waals surface area contributed by atoms with Crippen molar-refractivity contribution in [3.8, 4) is 0 Å². The van der Waals surface area contributed by atoms with Gasteiger partial charge in [-0.2, -0.15) is 0 Å². The maximum atomic E-state index is 11.3. The summed E-state index contributed by atoms with van der Waals surface area (Å²) in [6, 6.07) is 0. The van der Waals surface area contributed by atoms with Gasteiger partial charge in [-0.1, -0.05) is 12.5 Å². The zero-order chi connectivity index (χ0) is 10.6. The molecule has 1 aliphatic heterocycles. The van der Waals surface area contributed by atoms with E-state index in [2.05, 4.69) is 4.84 Å². The van der Waals surface area contributed by atoms with E-state index in [9.17, 15) is 9.59 Å². The van der Waals surface area contributed by atoms with Crippen LogP contribution in [0.2, 0.25) is 0 Å². The number of nitrogens with one attached hydrogen (secondary N) is 1. The van der Waals surface area contributed by atoms with Crippen LogP contribution in [0, 0.1) is 5.92 Å². The average Bonchev–Trinajstić information content (AvgIpc) is 2.42. The van der Waals surface area contributed by atoms with E-state index < -0.39 is 5.97 Å². The topological polar surface area (TPSA) is 84.7 Å². The summed E-state index contributed by atoms with van der Waals surface area (Å²) >= 11 is 0. The molecule has 1 saturated heterocycles. The third-order valence-corrected chi connectivity index (χ3v) is 2.17. The van der Waals surface area contributed by atoms with Crippen molar-refractivity contribution >= 4 is 11.9 Å². The van der Waals surface area contributed by atoms with Gasteiger partial charge in [0.15, 0.2) is 0 Å². The van der Waals surface area contributed by atoms with Crippen molar-refractivity contribution in [3.05, 3.63) is 0 Å². The second-order valence-corrected chi connectivity index (χ2v) is 3.49. The van der Waals surface area contributed by atoms with Crippen molar-refractivity contribution in [2.75, 3.05) is 13.1 Å². The summed E-state index contributed by atoms with van der Waals surface area (Å²) in [6.45, 7) is 3.14. The molecule has 0 aliphatic carbocycles. The highest BCUT2D eigenvalue weighted by Crippen LogP contribution is 2.16. The number of nitrogens with two attached hydrogens (primary N) is 1. The Bertz CT molecular complexity index is 232. The Morgan fingerprint density at radius 1 is 1.79 bits per heavy atom. The minimum absolute atomic E-state index is 0.103. The summed E-state index contributed by atoms with van der Waals surface area (Å²) in [6.07, 6.45) is 0.743. The van der Waals surface area contributed by atoms with Crippen LogP contribution in [0.1, 0.15) is 19.8 Å². The molecular weight excluding hydrogens is 186 g/mol. The molecule has 0 aromatic carbocycles. The Kier molecular flexibility index (Phi) is 3.84. The van der Waals surface area contributed by atoms with Crippen molar-refractivity contribution in [2.45, 2.75) is 19.8 Å². The zero-order valence-electron chi connectivity index (χ0n) is 8.16. The van der Waals surface area contributed by atoms with Gasteiger partial charge in [0.2, 0.25) is 5.91 Å². The maximum absolute atomic E-state index is 11.3. The maximum Gasteiger partial charge on any atom is 0.328 e. The fourth-order valence-corrected chi connectivity index (χ4v) is 1.53. The zero-order valence-corrected chi connectivity index (χ0v) is 8.16. The molecule has 1 rings (SSSR count). The molecule has 6 nitrogen and oxygen atoms in total. The molecule has 1 amide bonds. The monoisotopic (exact) mass is 201 g/mol. The van der Waals surface area contributed by atoms with Gasteiger partial charge in [0, 0.05) is 19.5 Å². The summed E-state index contributed by atoms with van der Waals surface area (Å²) in [7, 11) is 0. The molecule has 0 bridgehead atoms. The van der Waals surface area contributed by atoms with E-state index in [4.69, 9.17) is 5.84 Å². The normalized spacial score (nSPS) is 21.4. The third kappa shape index (κ3) is 2.97. The molecule has 0 saturated carbocycles. The summed E-state index contributed by atoms with van der Waals surface area (Å²) in [5, 5.41) is 0. The van der Waals surface area contributed by atoms with E-state index in [1.54, 1.807) is 4.90 Å². The Labute approximate surface area is 82.3 Å². The SMILES string of the molecule is CC1CC(=O)N(CCC(=O)ONN)C1. The first kappa shape index (κ1) is 10.9. The van der Waals surface area contributed by atoms with Crippen LogP contribution >= 0.6 is 0 Å². The third-order valence-electron chi connectivity index (χ3n) is 2.17. The Balaban J connectivity index is 2.25. The van der Waals surface area contributed by atoms with Crippen molar-refractivity contribution in [1.82, 2.24) is 10.5 Å². The predicted octanol–water partition coefficient (Wildman–Crippen LogP) is -0.834. The molecule has 0 aromatic heterocycles. The van der Waals surface area contributed by atoms with Crippen LogP contribution in [0.4, 0.5) is 0 Å². The van der Waals surface area contributed by atoms with E-state index in [1.165, 1.54) is 0 Å². The quantitative estimate of drug-likeness (QED) is 0.458. The van der Waals surface area contributed by atoms with E-state index in [0.717, 1.165) is 6.54 Å². The second-order valence-electron chi connectivity index (χ2n) is 3.49. The van der Waals surface area contributed by atoms with Gasteiger partial charge in [-0.25, -0.2) is 5.84 Å². The molecule has 0 radical (unpaired) electrons. The van der Waals surface area contributed by atoms with Gasteiger partial charge in [0.05, 0.1) is 6.42 Å². The van der Waals surface area contributed by atoms with E-state index in [-0.39, 0.29) is 12.3 Å². The first-order chi connectivity index (χ1) is 6.63. The molecule has 1 heterocycles. The van der Waals surface area contributed by atoms with Crippen molar-refractivity contribution < 1.29 is 14.4 Å². The van der Waals surface area contributed by atoms with Crippen LogP contribution in [0.25, 0.3) is 0 Å². The van der Waals surface area contributed by atoms with Crippen LogP contribution in [-0.2, 0) is 14.4 Å². The summed E-state index contributed by atoms with van der Waals surface area (Å²) in [4.78, 5) is 28.2. The summed E-state index contributed by atoms with van der Waals surface area (Å²) in [5.41, 5.74) is 1.81. The largest absolute Gasteiger partial charge is 0.356 e. The van der Waals surface area contributed by atoms with Crippen molar-refractivity contribution in [2.24, 2.45) is 11.8 Å². The highest BCUT2D eigenvalue weighted by Gasteiger charge is 2.26. The molecular formula is C8H15N3O3. The number of likely N-dealkylation sites (tertiary alicyclic amines) is 1. The molecule has 14 heavy (non-hydrogen) atoms. The van der Waals surface area contributed by atoms with Crippen molar-refractivity contribution in [1.29, 1.82) is 0 Å². The lowest BCUT2D eigenvalue weighted by Gasteiger charge is -2.14. The number of amides is 1. The van der Waals surface area contributed by atoms with Gasteiger partial charge in [0.25, 0.3) is 0 Å². The molecule has 3 N–H and O–H groups in total. The van der Waals surface area contributed by atoms with Gasteiger partial charge in [-0.05, 0) is 5.92 Å². The first-order valence-electron chi connectivity index (χ1n) is 4.56. The lowest BCUT2D eigenvalue weighted by molar-refractivity contribution is -0.151. The van der Waals surface area contributed by atoms with Crippen LogP contribution in [0.3, 0.4) is 0 Å². The minimum Gasteiger partial charge on any atom is -0.356 e. The number of hydrogen-bond donors (Lipinski definition) is 2. The minimum atomic E-state index is -0.458. The molecule has 0 aromatic rings. The smallest absolute Gasteiger partial charge is 0.328 e. The van der Waals surface area contributed by atoms with Crippen molar-refractivity contribution in [3.63, 3.8) is 0 Å². The highest BCUT2D eigenvalue weighted by atomic mass is 16.7. The van der Waals surface area contributed by atoms with Gasteiger partial charge in [0.1, 0.15) is 0 Å². The lowest BCUT2D eigenvalue weighted by Crippen LogP contribution is -2.31. The predicted molar refractivity (Wildman–Crippen MR) is 48.4 cm³/mol. The number of hydrogen-bond acceptors (Lipinski definition) is 5. The van der Waals surface area contributed by atoms with E-state index >= 15 is 0 Å². The first-order valence-corrected chi connectivity index (χ1v) is 4.56. The summed E-state index contributed by atoms with van der Waals surface area (Å²) < 4.78 is 0. The molecule has 1 aliphatic rings. The van der Waals surface area contributed by atoms with Gasteiger partial charge >= 0.3 is 5.97 Å². The molecule has 0 spiro atoms. The fraction of sp³-hybridized carbons (Fsp3) is 0.750. The molecule has 80 valence electrons. The Morgan fingerprint density at radius 2 is 2.50 bits per heavy atom. The van der Waals surface area contributed by atoms with E-state index in [1.807, 2.05) is 12.5 Å². The fourth-order valence-electron chi connectivity index (χ4n) is 1.53. The highest BCUT2D eigenvalue weighted by molar-refractivity contribution is 5.79. The molecule has 1 unspecified atom stereocenters. The average molecular weight is 201 g/mol. The Hall–Kier alpha value is -1.14. The van der Waals surface area contributed by atoms with Crippen LogP contribution in [0.15, 0.2) is 0 Å². The number of hydrazine groups is 1. The number of carbonyl (C=O) groups excluding carboxylic acids is 2. The number of carbonyl (C=O) groups is 2. The van der Waals surface area contributed by atoms with Gasteiger partial charge in [-0.15, -0.1) is 0 Å². The van der Waals surface area contributed by atoms with Crippen LogP contribution < -0.4 is 11.4 Å². The molecule has 1 atom stereocenters. The second kappa shape index (κ2) is 4.92. The standard InChI is InChI=1S/C8H15N3O3/c1-6-4-7(12)11(5-6)3-2-8(13)14-10-9/h6,10H,2-5,9H2,1H3. The van der Waals surface area contributed by atoms with E-state index in [0.29, 0.717) is 18.9 Å². The number of rotatable bonds is 4. The lowest BCUT2D eigenvalue weighted by atomic mass is 10.2. The van der Waals surface area contributed by atoms with Crippen LogP contribution in [-0.4, -0.2) is 29.9 Å². The molecule has 1 fully saturated rings. The number of nitrogens with zero attached hydrogens (tertiary/aromatic N) is 1. The van der Waals surface area contributed by atoms with Gasteiger partial charge < -0.3 is 9.74 Å².